The number of Topliss-reactive ketones (excluding diaryl/α,β-unsaturated/α-hetero) is 1. The van der Waals surface area contributed by atoms with Gasteiger partial charge in [-0.05, 0) is 39.5 Å². The Kier molecular flexibility index (Phi) is 58.3. The van der Waals surface area contributed by atoms with Crippen molar-refractivity contribution in [3.05, 3.63) is 12.2 Å². The van der Waals surface area contributed by atoms with Crippen LogP contribution in [0.2, 0.25) is 0 Å². The van der Waals surface area contributed by atoms with Crippen LogP contribution in [0, 0.1) is 0 Å². The van der Waals surface area contributed by atoms with E-state index < -0.39 is 0 Å². The first-order chi connectivity index (χ1) is 40.3. The monoisotopic (exact) mass is 1190 g/mol. The first-order valence-corrected chi connectivity index (χ1v) is 29.3. The van der Waals surface area contributed by atoms with E-state index in [1.165, 1.54) is 12.2 Å². The highest BCUT2D eigenvalue weighted by molar-refractivity contribution is 6.13. The van der Waals surface area contributed by atoms with Crippen LogP contribution in [-0.2, 0) is 109 Å². The van der Waals surface area contributed by atoms with E-state index in [-0.39, 0.29) is 54.8 Å². The normalized spacial score (nSPS) is 12.8. The fourth-order valence-corrected chi connectivity index (χ4v) is 6.79. The second kappa shape index (κ2) is 62.3. The van der Waals surface area contributed by atoms with Crippen LogP contribution in [0.4, 0.5) is 0 Å². The topological polar surface area (TPSA) is 279 Å². The lowest BCUT2D eigenvalue weighted by Gasteiger charge is -2.14. The van der Waals surface area contributed by atoms with Gasteiger partial charge in [0, 0.05) is 70.2 Å². The highest BCUT2D eigenvalue weighted by Gasteiger charge is 2.23. The number of amides is 4. The van der Waals surface area contributed by atoms with Crippen LogP contribution in [-0.4, -0.2) is 291 Å². The average Bonchev–Trinajstić information content (AvgIpc) is 3.80. The maximum absolute atomic E-state index is 12.3. The minimum Gasteiger partial charge on any atom is -0.379 e. The molecule has 1 rings (SSSR count). The molecule has 1 aliphatic rings. The second-order valence-corrected chi connectivity index (χ2v) is 18.0. The van der Waals surface area contributed by atoms with Gasteiger partial charge < -0.3 is 95.9 Å². The van der Waals surface area contributed by atoms with Crippen LogP contribution < -0.4 is 10.6 Å². The van der Waals surface area contributed by atoms with Gasteiger partial charge in [0.1, 0.15) is 5.78 Å². The largest absolute Gasteiger partial charge is 0.379 e. The highest BCUT2D eigenvalue weighted by atomic mass is 16.6. The molecule has 0 aliphatic carbocycles. The molecular formula is C56H103N3O23. The van der Waals surface area contributed by atoms with E-state index in [0.717, 1.165) is 24.2 Å². The summed E-state index contributed by atoms with van der Waals surface area (Å²) in [6, 6.07) is 0.0298. The maximum Gasteiger partial charge on any atom is 0.253 e. The molecule has 0 aromatic rings. The third-order valence-electron chi connectivity index (χ3n) is 11.2. The number of hydrogen-bond acceptors (Lipinski definition) is 23. The summed E-state index contributed by atoms with van der Waals surface area (Å²) in [5.41, 5.74) is 0. The summed E-state index contributed by atoms with van der Waals surface area (Å²) in [7, 11) is 0. The van der Waals surface area contributed by atoms with Gasteiger partial charge in [0.25, 0.3) is 11.8 Å². The Hall–Kier alpha value is -3.23. The van der Waals surface area contributed by atoms with Crippen molar-refractivity contribution in [3.8, 4) is 0 Å². The van der Waals surface area contributed by atoms with E-state index in [4.69, 9.17) is 85.3 Å². The quantitative estimate of drug-likeness (QED) is 0.0645. The fourth-order valence-electron chi connectivity index (χ4n) is 6.79. The zero-order valence-corrected chi connectivity index (χ0v) is 49.6. The first kappa shape index (κ1) is 76.8. The summed E-state index contributed by atoms with van der Waals surface area (Å²) < 4.78 is 98.5. The van der Waals surface area contributed by atoms with E-state index in [9.17, 15) is 24.0 Å². The Morgan fingerprint density at radius 1 is 0.366 bits per heavy atom. The summed E-state index contributed by atoms with van der Waals surface area (Å²) >= 11 is 0. The third-order valence-corrected chi connectivity index (χ3v) is 11.2. The molecule has 4 amide bonds. The predicted octanol–water partition coefficient (Wildman–Crippen LogP) is 1.54. The molecule has 1 aliphatic heterocycles. The van der Waals surface area contributed by atoms with Crippen molar-refractivity contribution in [2.24, 2.45) is 0 Å². The number of rotatable bonds is 68. The van der Waals surface area contributed by atoms with Gasteiger partial charge in [-0.1, -0.05) is 0 Å². The molecule has 0 radical (unpaired) electrons. The SMILES string of the molecule is CCOCCOCCOCCOCCOCCOCCC(=O)NCCCC[C@@H](C)NC(=O)CCOCCOCCOCCOCCOCCOCCOCCOCCOCCOCCOCCOCCCC(=O)CCN1C(=O)C=CC1=O. The predicted molar refractivity (Wildman–Crippen MR) is 299 cm³/mol. The molecule has 0 bridgehead atoms. The number of hydrogen-bond donors (Lipinski definition) is 2. The van der Waals surface area contributed by atoms with Crippen LogP contribution in [0.3, 0.4) is 0 Å². The van der Waals surface area contributed by atoms with Gasteiger partial charge in [-0.2, -0.15) is 0 Å². The lowest BCUT2D eigenvalue weighted by Crippen LogP contribution is -2.33. The molecule has 480 valence electrons. The molecule has 26 heteroatoms. The van der Waals surface area contributed by atoms with Crippen molar-refractivity contribution in [2.75, 3.05) is 251 Å². The van der Waals surface area contributed by atoms with E-state index >= 15 is 0 Å². The Morgan fingerprint density at radius 2 is 0.659 bits per heavy atom. The summed E-state index contributed by atoms with van der Waals surface area (Å²) in [6.07, 6.45) is 6.56. The molecule has 0 saturated carbocycles. The molecule has 0 aromatic heterocycles. The van der Waals surface area contributed by atoms with Crippen LogP contribution in [0.5, 0.6) is 0 Å². The number of nitrogens with one attached hydrogen (secondary N) is 2. The van der Waals surface area contributed by atoms with Gasteiger partial charge in [0.05, 0.1) is 225 Å². The Labute approximate surface area is 487 Å². The molecule has 0 spiro atoms. The summed E-state index contributed by atoms with van der Waals surface area (Å²) in [4.78, 5) is 60.4. The molecular weight excluding hydrogens is 1080 g/mol. The van der Waals surface area contributed by atoms with Gasteiger partial charge in [-0.15, -0.1) is 0 Å². The van der Waals surface area contributed by atoms with Crippen LogP contribution in [0.15, 0.2) is 12.2 Å². The minimum absolute atomic E-state index is 0.0110. The van der Waals surface area contributed by atoms with Crippen molar-refractivity contribution >= 4 is 29.4 Å². The smallest absolute Gasteiger partial charge is 0.253 e. The van der Waals surface area contributed by atoms with E-state index in [1.807, 2.05) is 13.8 Å². The number of carbonyl (C=O) groups excluding carboxylic acids is 5. The Balaban J connectivity index is 1.68. The number of unbranched alkanes of at least 4 members (excludes halogenated alkanes) is 1. The first-order valence-electron chi connectivity index (χ1n) is 29.3. The molecule has 0 saturated heterocycles. The summed E-state index contributed by atoms with van der Waals surface area (Å²) in [6.45, 7) is 21.2. The highest BCUT2D eigenvalue weighted by Crippen LogP contribution is 2.06. The fraction of sp³-hybridized carbons (Fsp3) is 0.875. The Morgan fingerprint density at radius 3 is 0.988 bits per heavy atom. The third kappa shape index (κ3) is 55.9. The lowest BCUT2D eigenvalue weighted by molar-refractivity contribution is -0.137. The second-order valence-electron chi connectivity index (χ2n) is 18.0. The van der Waals surface area contributed by atoms with Crippen molar-refractivity contribution in [1.82, 2.24) is 15.5 Å². The Bertz CT molecular complexity index is 1490. The molecule has 82 heavy (non-hydrogen) atoms. The van der Waals surface area contributed by atoms with E-state index in [2.05, 4.69) is 10.6 Å². The summed E-state index contributed by atoms with van der Waals surface area (Å²) in [5.74, 6) is -0.875. The molecule has 2 N–H and O–H groups in total. The summed E-state index contributed by atoms with van der Waals surface area (Å²) in [5, 5.41) is 5.90. The van der Waals surface area contributed by atoms with Gasteiger partial charge in [0.15, 0.2) is 0 Å². The number of imide groups is 1. The van der Waals surface area contributed by atoms with Crippen molar-refractivity contribution in [1.29, 1.82) is 0 Å². The average molecular weight is 1190 g/mol. The van der Waals surface area contributed by atoms with Crippen LogP contribution in [0.1, 0.15) is 65.2 Å². The van der Waals surface area contributed by atoms with Gasteiger partial charge in [-0.25, -0.2) is 0 Å². The van der Waals surface area contributed by atoms with Crippen LogP contribution >= 0.6 is 0 Å². The lowest BCUT2D eigenvalue weighted by atomic mass is 10.1. The molecule has 0 unspecified atom stereocenters. The van der Waals surface area contributed by atoms with E-state index in [1.54, 1.807) is 0 Å². The maximum atomic E-state index is 12.3. The van der Waals surface area contributed by atoms with Crippen molar-refractivity contribution in [2.45, 2.75) is 71.3 Å². The van der Waals surface area contributed by atoms with E-state index in [0.29, 0.717) is 264 Å². The van der Waals surface area contributed by atoms with Gasteiger partial charge in [0.2, 0.25) is 11.8 Å². The minimum atomic E-state index is -0.376. The van der Waals surface area contributed by atoms with Crippen molar-refractivity contribution < 1.29 is 109 Å². The number of carbonyl (C=O) groups is 5. The zero-order valence-electron chi connectivity index (χ0n) is 49.6. The van der Waals surface area contributed by atoms with Gasteiger partial charge >= 0.3 is 0 Å². The molecule has 26 nitrogen and oxygen atoms in total. The van der Waals surface area contributed by atoms with Gasteiger partial charge in [-0.3, -0.25) is 28.9 Å². The number of ketones is 1. The van der Waals surface area contributed by atoms with Crippen molar-refractivity contribution in [3.63, 3.8) is 0 Å². The number of ether oxygens (including phenoxy) is 18. The number of nitrogens with zero attached hydrogens (tertiary/aromatic N) is 1. The zero-order chi connectivity index (χ0) is 59.1. The van der Waals surface area contributed by atoms with Crippen LogP contribution in [0.25, 0.3) is 0 Å². The molecule has 0 aromatic carbocycles. The molecule has 1 atom stereocenters. The molecule has 1 heterocycles. The standard InChI is InChI=1S/C56H103N3O23/c1-3-65-19-20-69-27-28-73-35-36-75-33-30-71-25-22-67-17-12-53(61)57-14-5-4-7-51(2)58-54(62)13-18-68-23-26-72-31-34-76-38-40-78-42-44-80-46-48-82-50-49-81-47-45-79-43-41-77-39-37-74-32-29-70-24-21-66-16-6-8-52(60)11-15-59-55(63)9-10-56(59)64/h9-10,51H,3-8,11-50H2,1-2H3,(H,57,61)(H,58,62)/t51-/m1/s1. The molecule has 0 fully saturated rings.